The minimum atomic E-state index is -0.942. The number of pyridine rings is 1. The normalized spacial score (nSPS) is 12.0. The SMILES string of the molecule is O=C(NCC(O)c1ccc(F)cc1)c1cc(Cl)nc(Cl)c1. The standard InChI is InChI=1S/C14H11Cl2FN2O2/c15-12-5-9(6-13(16)19-12)14(21)18-7-11(20)8-1-3-10(17)4-2-8/h1-6,11,20H,7H2,(H,18,21). The van der Waals surface area contributed by atoms with Crippen LogP contribution < -0.4 is 5.32 Å². The monoisotopic (exact) mass is 328 g/mol. The van der Waals surface area contributed by atoms with Crippen molar-refractivity contribution in [1.29, 1.82) is 0 Å². The van der Waals surface area contributed by atoms with Gasteiger partial charge in [-0.1, -0.05) is 35.3 Å². The Hall–Kier alpha value is -1.69. The summed E-state index contributed by atoms with van der Waals surface area (Å²) in [5.41, 5.74) is 0.744. The summed E-state index contributed by atoms with van der Waals surface area (Å²) in [6.45, 7) is -0.0258. The van der Waals surface area contributed by atoms with Gasteiger partial charge in [0.15, 0.2) is 0 Å². The van der Waals surface area contributed by atoms with Gasteiger partial charge in [0.1, 0.15) is 16.1 Å². The van der Waals surface area contributed by atoms with Gasteiger partial charge >= 0.3 is 0 Å². The number of amides is 1. The third kappa shape index (κ3) is 4.39. The summed E-state index contributed by atoms with van der Waals surface area (Å²) in [5.74, 6) is -0.835. The second kappa shape index (κ2) is 6.85. The summed E-state index contributed by atoms with van der Waals surface area (Å²) in [6.07, 6.45) is -0.942. The Kier molecular flexibility index (Phi) is 5.12. The van der Waals surface area contributed by atoms with Crippen LogP contribution in [0.3, 0.4) is 0 Å². The first-order valence-electron chi connectivity index (χ1n) is 6.00. The van der Waals surface area contributed by atoms with E-state index < -0.39 is 17.8 Å². The number of halogens is 3. The summed E-state index contributed by atoms with van der Waals surface area (Å²) < 4.78 is 12.8. The number of rotatable bonds is 4. The van der Waals surface area contributed by atoms with Crippen LogP contribution in [0.2, 0.25) is 10.3 Å². The lowest BCUT2D eigenvalue weighted by atomic mass is 10.1. The average molecular weight is 329 g/mol. The molecule has 1 amide bonds. The predicted molar refractivity (Wildman–Crippen MR) is 78.0 cm³/mol. The summed E-state index contributed by atoms with van der Waals surface area (Å²) >= 11 is 11.4. The van der Waals surface area contributed by atoms with Crippen LogP contribution in [0.25, 0.3) is 0 Å². The molecule has 1 heterocycles. The number of carbonyl (C=O) groups is 1. The smallest absolute Gasteiger partial charge is 0.251 e. The fourth-order valence-electron chi connectivity index (χ4n) is 1.69. The van der Waals surface area contributed by atoms with Crippen molar-refractivity contribution in [2.45, 2.75) is 6.10 Å². The number of aromatic nitrogens is 1. The van der Waals surface area contributed by atoms with Gasteiger partial charge in [0.2, 0.25) is 0 Å². The van der Waals surface area contributed by atoms with Crippen LogP contribution in [0.1, 0.15) is 22.0 Å². The van der Waals surface area contributed by atoms with E-state index in [-0.39, 0.29) is 22.4 Å². The van der Waals surface area contributed by atoms with Gasteiger partial charge in [-0.3, -0.25) is 4.79 Å². The minimum absolute atomic E-state index is 0.0258. The summed E-state index contributed by atoms with van der Waals surface area (Å²) in [7, 11) is 0. The summed E-state index contributed by atoms with van der Waals surface area (Å²) in [5, 5.41) is 12.7. The highest BCUT2D eigenvalue weighted by Crippen LogP contribution is 2.15. The third-order valence-electron chi connectivity index (χ3n) is 2.74. The Morgan fingerprint density at radius 3 is 2.38 bits per heavy atom. The number of aliphatic hydroxyl groups excluding tert-OH is 1. The molecule has 0 radical (unpaired) electrons. The number of nitrogens with one attached hydrogen (secondary N) is 1. The highest BCUT2D eigenvalue weighted by Gasteiger charge is 2.12. The molecule has 2 aromatic rings. The Labute approximate surface area is 130 Å². The number of benzene rings is 1. The molecule has 0 aliphatic rings. The van der Waals surface area contributed by atoms with Crippen LogP contribution in [-0.4, -0.2) is 22.5 Å². The van der Waals surface area contributed by atoms with Crippen molar-refractivity contribution in [3.05, 3.63) is 63.6 Å². The van der Waals surface area contributed by atoms with Crippen LogP contribution in [0.4, 0.5) is 4.39 Å². The molecule has 4 nitrogen and oxygen atoms in total. The average Bonchev–Trinajstić information content (AvgIpc) is 2.44. The molecule has 0 bridgehead atoms. The highest BCUT2D eigenvalue weighted by molar-refractivity contribution is 6.33. The molecule has 0 saturated heterocycles. The molecule has 0 saturated carbocycles. The van der Waals surface area contributed by atoms with Crippen LogP contribution in [0.15, 0.2) is 36.4 Å². The molecule has 1 aromatic carbocycles. The van der Waals surface area contributed by atoms with Gasteiger partial charge in [-0.15, -0.1) is 0 Å². The van der Waals surface area contributed by atoms with E-state index in [9.17, 15) is 14.3 Å². The molecule has 0 spiro atoms. The molecule has 110 valence electrons. The van der Waals surface area contributed by atoms with Gasteiger partial charge in [0, 0.05) is 12.1 Å². The van der Waals surface area contributed by atoms with Crippen molar-refractivity contribution in [1.82, 2.24) is 10.3 Å². The molecule has 0 aliphatic carbocycles. The number of hydrogen-bond donors (Lipinski definition) is 2. The first kappa shape index (κ1) is 15.7. The molecule has 1 atom stereocenters. The lowest BCUT2D eigenvalue weighted by Gasteiger charge is -2.12. The van der Waals surface area contributed by atoms with Gasteiger partial charge in [0.25, 0.3) is 5.91 Å². The largest absolute Gasteiger partial charge is 0.387 e. The molecule has 2 N–H and O–H groups in total. The Morgan fingerprint density at radius 1 is 1.24 bits per heavy atom. The number of nitrogens with zero attached hydrogens (tertiary/aromatic N) is 1. The number of hydrogen-bond acceptors (Lipinski definition) is 3. The zero-order valence-corrected chi connectivity index (χ0v) is 12.2. The number of carbonyl (C=O) groups excluding carboxylic acids is 1. The molecule has 7 heteroatoms. The highest BCUT2D eigenvalue weighted by atomic mass is 35.5. The lowest BCUT2D eigenvalue weighted by molar-refractivity contribution is 0.0916. The van der Waals surface area contributed by atoms with E-state index in [4.69, 9.17) is 23.2 Å². The maximum atomic E-state index is 12.8. The van der Waals surface area contributed by atoms with Gasteiger partial charge in [-0.25, -0.2) is 9.37 Å². The van der Waals surface area contributed by atoms with Gasteiger partial charge in [0.05, 0.1) is 6.10 Å². The van der Waals surface area contributed by atoms with Crippen LogP contribution >= 0.6 is 23.2 Å². The molecule has 2 rings (SSSR count). The Balaban J connectivity index is 1.98. The van der Waals surface area contributed by atoms with Crippen molar-refractivity contribution in [3.63, 3.8) is 0 Å². The fraction of sp³-hybridized carbons (Fsp3) is 0.143. The maximum absolute atomic E-state index is 12.8. The first-order valence-corrected chi connectivity index (χ1v) is 6.76. The molecule has 1 aromatic heterocycles. The Morgan fingerprint density at radius 2 is 1.81 bits per heavy atom. The quantitative estimate of drug-likeness (QED) is 0.848. The van der Waals surface area contributed by atoms with Gasteiger partial charge < -0.3 is 10.4 Å². The first-order chi connectivity index (χ1) is 9.95. The van der Waals surface area contributed by atoms with Gasteiger partial charge in [-0.2, -0.15) is 0 Å². The van der Waals surface area contributed by atoms with Crippen LogP contribution in [-0.2, 0) is 0 Å². The van der Waals surface area contributed by atoms with Gasteiger partial charge in [-0.05, 0) is 29.8 Å². The summed E-state index contributed by atoms with van der Waals surface area (Å²) in [6, 6.07) is 8.12. The molecular formula is C14H11Cl2FN2O2. The van der Waals surface area contributed by atoms with Crippen LogP contribution in [0.5, 0.6) is 0 Å². The zero-order valence-electron chi connectivity index (χ0n) is 10.7. The van der Waals surface area contributed by atoms with E-state index in [0.29, 0.717) is 5.56 Å². The number of aliphatic hydroxyl groups is 1. The lowest BCUT2D eigenvalue weighted by Crippen LogP contribution is -2.28. The predicted octanol–water partition coefficient (Wildman–Crippen LogP) is 2.99. The third-order valence-corrected chi connectivity index (χ3v) is 3.12. The minimum Gasteiger partial charge on any atom is -0.387 e. The van der Waals surface area contributed by atoms with Crippen LogP contribution in [0, 0.1) is 5.82 Å². The zero-order chi connectivity index (χ0) is 15.4. The second-order valence-electron chi connectivity index (χ2n) is 4.28. The second-order valence-corrected chi connectivity index (χ2v) is 5.05. The Bertz CT molecular complexity index is 630. The molecular weight excluding hydrogens is 318 g/mol. The fourth-order valence-corrected chi connectivity index (χ4v) is 2.15. The molecule has 0 aliphatic heterocycles. The van der Waals surface area contributed by atoms with E-state index >= 15 is 0 Å². The van der Waals surface area contributed by atoms with E-state index in [1.165, 1.54) is 36.4 Å². The summed E-state index contributed by atoms with van der Waals surface area (Å²) in [4.78, 5) is 15.6. The maximum Gasteiger partial charge on any atom is 0.251 e. The molecule has 0 fully saturated rings. The van der Waals surface area contributed by atoms with E-state index in [1.807, 2.05) is 0 Å². The molecule has 1 unspecified atom stereocenters. The van der Waals surface area contributed by atoms with Crippen molar-refractivity contribution >= 4 is 29.1 Å². The van der Waals surface area contributed by atoms with E-state index in [2.05, 4.69) is 10.3 Å². The van der Waals surface area contributed by atoms with Crippen molar-refractivity contribution < 1.29 is 14.3 Å². The topological polar surface area (TPSA) is 62.2 Å². The van der Waals surface area contributed by atoms with Crippen molar-refractivity contribution in [2.24, 2.45) is 0 Å². The van der Waals surface area contributed by atoms with E-state index in [1.54, 1.807) is 0 Å². The van der Waals surface area contributed by atoms with Crippen molar-refractivity contribution in [3.8, 4) is 0 Å². The van der Waals surface area contributed by atoms with E-state index in [0.717, 1.165) is 0 Å². The van der Waals surface area contributed by atoms with Crippen molar-refractivity contribution in [2.75, 3.05) is 6.54 Å². The molecule has 21 heavy (non-hydrogen) atoms.